The van der Waals surface area contributed by atoms with E-state index in [4.69, 9.17) is 0 Å². The largest absolute Gasteiger partial charge is 0.433 e. The maximum Gasteiger partial charge on any atom is 0.433 e. The Bertz CT molecular complexity index is 523. The molecule has 0 aliphatic carbocycles. The van der Waals surface area contributed by atoms with Gasteiger partial charge in [-0.1, -0.05) is 0 Å². The van der Waals surface area contributed by atoms with E-state index in [0.717, 1.165) is 12.3 Å². The number of nitrogens with zero attached hydrogens (tertiary/aromatic N) is 4. The molecule has 0 radical (unpaired) electrons. The smallest absolute Gasteiger partial charge is 0.350 e. The zero-order valence-electron chi connectivity index (χ0n) is 10.1. The molecule has 102 valence electrons. The summed E-state index contributed by atoms with van der Waals surface area (Å²) in [6, 6.07) is 2.46. The summed E-state index contributed by atoms with van der Waals surface area (Å²) in [6.45, 7) is 2.32. The van der Waals surface area contributed by atoms with Crippen LogP contribution in [0.25, 0.3) is 0 Å². The molecule has 0 bridgehead atoms. The summed E-state index contributed by atoms with van der Waals surface area (Å²) in [4.78, 5) is 7.21. The second-order valence-corrected chi connectivity index (χ2v) is 4.04. The topological polar surface area (TPSA) is 55.6 Å². The number of aromatic nitrogens is 4. The Labute approximate surface area is 107 Å². The fourth-order valence-corrected chi connectivity index (χ4v) is 1.54. The highest BCUT2D eigenvalue weighted by atomic mass is 19.4. The van der Waals surface area contributed by atoms with Gasteiger partial charge < -0.3 is 5.32 Å². The summed E-state index contributed by atoms with van der Waals surface area (Å²) in [5.74, 6) is -0.0468. The van der Waals surface area contributed by atoms with Crippen LogP contribution in [0.15, 0.2) is 30.7 Å². The highest BCUT2D eigenvalue weighted by Gasteiger charge is 2.32. The molecule has 0 aliphatic rings. The highest BCUT2D eigenvalue weighted by molar-refractivity contribution is 5.27. The normalized spacial score (nSPS) is 13.3. The van der Waals surface area contributed by atoms with Gasteiger partial charge in [-0.15, -0.1) is 0 Å². The van der Waals surface area contributed by atoms with E-state index in [1.807, 2.05) is 6.92 Å². The van der Waals surface area contributed by atoms with Gasteiger partial charge in [-0.3, -0.25) is 4.68 Å². The van der Waals surface area contributed by atoms with Crippen molar-refractivity contribution < 1.29 is 13.2 Å². The molecule has 8 heteroatoms. The van der Waals surface area contributed by atoms with Gasteiger partial charge in [0, 0.05) is 24.6 Å². The van der Waals surface area contributed by atoms with Crippen LogP contribution in [-0.4, -0.2) is 25.8 Å². The first-order chi connectivity index (χ1) is 8.95. The van der Waals surface area contributed by atoms with Crippen LogP contribution in [0.3, 0.4) is 0 Å². The number of halogens is 3. The monoisotopic (exact) mass is 271 g/mol. The highest BCUT2D eigenvalue weighted by Crippen LogP contribution is 2.27. The van der Waals surface area contributed by atoms with E-state index in [1.54, 1.807) is 23.1 Å². The number of hydrogen-bond acceptors (Lipinski definition) is 4. The molecule has 2 aromatic heterocycles. The van der Waals surface area contributed by atoms with Crippen LogP contribution < -0.4 is 5.32 Å². The molecule has 19 heavy (non-hydrogen) atoms. The van der Waals surface area contributed by atoms with Gasteiger partial charge in [-0.05, 0) is 19.1 Å². The fraction of sp³-hybridized carbons (Fsp3) is 0.364. The minimum Gasteiger partial charge on any atom is -0.350 e. The molecule has 2 rings (SSSR count). The molecule has 0 fully saturated rings. The van der Waals surface area contributed by atoms with Crippen molar-refractivity contribution in [3.05, 3.63) is 36.4 Å². The third kappa shape index (κ3) is 3.67. The van der Waals surface area contributed by atoms with Crippen LogP contribution in [0.4, 0.5) is 19.1 Å². The number of nitrogens with one attached hydrogen (secondary N) is 1. The fourth-order valence-electron chi connectivity index (χ4n) is 1.54. The van der Waals surface area contributed by atoms with E-state index in [-0.39, 0.29) is 12.0 Å². The molecule has 0 saturated heterocycles. The average Bonchev–Trinajstić information content (AvgIpc) is 2.80. The van der Waals surface area contributed by atoms with Crippen molar-refractivity contribution in [2.75, 3.05) is 5.32 Å². The number of alkyl halides is 3. The standard InChI is InChI=1S/C11H12F3N5/c1-8(7-19-6-2-4-16-19)17-10-15-5-3-9(18-10)11(12,13)14/h2-6,8H,7H2,1H3,(H,15,17,18)/t8-/m1/s1. The van der Waals surface area contributed by atoms with Gasteiger partial charge in [0.1, 0.15) is 5.69 Å². The lowest BCUT2D eigenvalue weighted by molar-refractivity contribution is -0.141. The minimum atomic E-state index is -4.47. The average molecular weight is 271 g/mol. The second kappa shape index (κ2) is 5.25. The summed E-state index contributed by atoms with van der Waals surface area (Å²) >= 11 is 0. The summed E-state index contributed by atoms with van der Waals surface area (Å²) in [5, 5.41) is 6.82. The van der Waals surface area contributed by atoms with Gasteiger partial charge in [-0.25, -0.2) is 9.97 Å². The van der Waals surface area contributed by atoms with Crippen LogP contribution in [0.5, 0.6) is 0 Å². The van der Waals surface area contributed by atoms with Crippen molar-refractivity contribution in [1.82, 2.24) is 19.7 Å². The second-order valence-electron chi connectivity index (χ2n) is 4.04. The first-order valence-electron chi connectivity index (χ1n) is 5.59. The summed E-state index contributed by atoms with van der Waals surface area (Å²) in [5.41, 5.74) is -0.962. The first-order valence-corrected chi connectivity index (χ1v) is 5.59. The molecule has 0 amide bonds. The first kappa shape index (κ1) is 13.3. The molecular formula is C11H12F3N5. The van der Waals surface area contributed by atoms with Gasteiger partial charge in [0.2, 0.25) is 5.95 Å². The Kier molecular flexibility index (Phi) is 3.68. The van der Waals surface area contributed by atoms with Crippen molar-refractivity contribution in [3.63, 3.8) is 0 Å². The zero-order valence-corrected chi connectivity index (χ0v) is 10.1. The lowest BCUT2D eigenvalue weighted by atomic mass is 10.3. The number of hydrogen-bond donors (Lipinski definition) is 1. The van der Waals surface area contributed by atoms with Crippen molar-refractivity contribution in [2.24, 2.45) is 0 Å². The maximum atomic E-state index is 12.5. The SMILES string of the molecule is C[C@H](Cn1cccn1)Nc1nccc(C(F)(F)F)n1. The summed E-state index contributed by atoms with van der Waals surface area (Å²) in [7, 11) is 0. The van der Waals surface area contributed by atoms with Crippen LogP contribution in [0.1, 0.15) is 12.6 Å². The van der Waals surface area contributed by atoms with Crippen molar-refractivity contribution >= 4 is 5.95 Å². The lowest BCUT2D eigenvalue weighted by Gasteiger charge is -2.14. The molecule has 2 aromatic rings. The minimum absolute atomic E-state index is 0.0468. The molecule has 0 aliphatic heterocycles. The predicted octanol–water partition coefficient (Wildman–Crippen LogP) is 2.19. The maximum absolute atomic E-state index is 12.5. The third-order valence-corrected chi connectivity index (χ3v) is 2.34. The molecule has 1 N–H and O–H groups in total. The predicted molar refractivity (Wildman–Crippen MR) is 62.3 cm³/mol. The van der Waals surface area contributed by atoms with Crippen LogP contribution in [-0.2, 0) is 12.7 Å². The molecule has 0 spiro atoms. The van der Waals surface area contributed by atoms with E-state index in [0.29, 0.717) is 6.54 Å². The Morgan fingerprint density at radius 2 is 2.16 bits per heavy atom. The van der Waals surface area contributed by atoms with E-state index in [9.17, 15) is 13.2 Å². The quantitative estimate of drug-likeness (QED) is 0.926. The van der Waals surface area contributed by atoms with Gasteiger partial charge >= 0.3 is 6.18 Å². The lowest BCUT2D eigenvalue weighted by Crippen LogP contribution is -2.24. The third-order valence-electron chi connectivity index (χ3n) is 2.34. The molecule has 0 aromatic carbocycles. The van der Waals surface area contributed by atoms with Crippen LogP contribution in [0.2, 0.25) is 0 Å². The van der Waals surface area contributed by atoms with E-state index >= 15 is 0 Å². The van der Waals surface area contributed by atoms with Crippen LogP contribution in [0, 0.1) is 0 Å². The summed E-state index contributed by atoms with van der Waals surface area (Å²) < 4.78 is 39.1. The van der Waals surface area contributed by atoms with Crippen molar-refractivity contribution in [3.8, 4) is 0 Å². The Morgan fingerprint density at radius 3 is 2.79 bits per heavy atom. The number of anilines is 1. The van der Waals surface area contributed by atoms with Gasteiger partial charge in [0.05, 0.1) is 6.54 Å². The molecule has 0 saturated carbocycles. The van der Waals surface area contributed by atoms with E-state index < -0.39 is 11.9 Å². The zero-order chi connectivity index (χ0) is 13.9. The Hall–Kier alpha value is -2.12. The molecule has 0 unspecified atom stereocenters. The summed E-state index contributed by atoms with van der Waals surface area (Å²) in [6.07, 6.45) is 0.0159. The van der Waals surface area contributed by atoms with Gasteiger partial charge in [-0.2, -0.15) is 18.3 Å². The molecule has 5 nitrogen and oxygen atoms in total. The Balaban J connectivity index is 2.03. The number of rotatable bonds is 4. The molecule has 2 heterocycles. The van der Waals surface area contributed by atoms with Crippen LogP contribution >= 0.6 is 0 Å². The molecular weight excluding hydrogens is 259 g/mol. The van der Waals surface area contributed by atoms with Crippen molar-refractivity contribution in [2.45, 2.75) is 25.7 Å². The van der Waals surface area contributed by atoms with E-state index in [2.05, 4.69) is 20.4 Å². The van der Waals surface area contributed by atoms with E-state index in [1.165, 1.54) is 0 Å². The van der Waals surface area contributed by atoms with Gasteiger partial charge in [0.15, 0.2) is 0 Å². The molecule has 1 atom stereocenters. The van der Waals surface area contributed by atoms with Gasteiger partial charge in [0.25, 0.3) is 0 Å². The van der Waals surface area contributed by atoms with Crippen molar-refractivity contribution in [1.29, 1.82) is 0 Å². The Morgan fingerprint density at radius 1 is 1.37 bits per heavy atom.